The van der Waals surface area contributed by atoms with Crippen LogP contribution in [0.1, 0.15) is 26.3 Å². The Bertz CT molecular complexity index is 682. The Morgan fingerprint density at radius 3 is 2.21 bits per heavy atom. The number of nitrogens with zero attached hydrogens (tertiary/aromatic N) is 2. The van der Waals surface area contributed by atoms with E-state index in [2.05, 4.69) is 0 Å². The highest BCUT2D eigenvalue weighted by Gasteiger charge is 2.69. The fourth-order valence-corrected chi connectivity index (χ4v) is 3.51. The minimum Gasteiger partial charge on any atom is -0.498 e. The van der Waals surface area contributed by atoms with Crippen molar-refractivity contribution in [1.29, 1.82) is 0 Å². The Kier molecular flexibility index (Phi) is 4.18. The monoisotopic (exact) mass is 334 g/mol. The van der Waals surface area contributed by atoms with Crippen molar-refractivity contribution in [2.75, 3.05) is 13.6 Å². The summed E-state index contributed by atoms with van der Waals surface area (Å²) in [6.07, 6.45) is -1.59. The van der Waals surface area contributed by atoms with Crippen LogP contribution in [0.2, 0.25) is 0 Å². The first kappa shape index (κ1) is 17.9. The molecule has 130 valence electrons. The van der Waals surface area contributed by atoms with Crippen LogP contribution in [-0.2, 0) is 11.3 Å². The summed E-state index contributed by atoms with van der Waals surface area (Å²) in [4.78, 5) is 37.9. The molecule has 0 aromatic heterocycles. The summed E-state index contributed by atoms with van der Waals surface area (Å²) in [6, 6.07) is 7.87. The highest BCUT2D eigenvalue weighted by atomic mass is 16.4. The quantitative estimate of drug-likeness (QED) is 0.840. The van der Waals surface area contributed by atoms with Crippen LogP contribution in [0.15, 0.2) is 30.3 Å². The van der Waals surface area contributed by atoms with E-state index < -0.39 is 40.1 Å². The van der Waals surface area contributed by atoms with Crippen molar-refractivity contribution in [3.63, 3.8) is 0 Å². The summed E-state index contributed by atoms with van der Waals surface area (Å²) in [7, 11) is 1.34. The van der Waals surface area contributed by atoms with Gasteiger partial charge in [-0.1, -0.05) is 51.1 Å². The van der Waals surface area contributed by atoms with Gasteiger partial charge in [-0.3, -0.25) is 4.90 Å². The predicted octanol–water partition coefficient (Wildman–Crippen LogP) is 1.28. The summed E-state index contributed by atoms with van der Waals surface area (Å²) in [5.41, 5.74) is -1.88. The largest absolute Gasteiger partial charge is 0.498 e. The van der Waals surface area contributed by atoms with Crippen molar-refractivity contribution in [2.24, 2.45) is 5.41 Å². The van der Waals surface area contributed by atoms with Crippen molar-refractivity contribution in [2.45, 2.75) is 32.9 Å². The van der Waals surface area contributed by atoms with Gasteiger partial charge in [0.15, 0.2) is 5.54 Å². The van der Waals surface area contributed by atoms with Gasteiger partial charge in [0.1, 0.15) is 13.1 Å². The molecule has 1 N–H and O–H groups in total. The Labute approximate surface area is 140 Å². The van der Waals surface area contributed by atoms with Gasteiger partial charge in [0.25, 0.3) is 6.09 Å². The molecule has 7 nitrogen and oxygen atoms in total. The molecule has 1 heterocycles. The summed E-state index contributed by atoms with van der Waals surface area (Å²) < 4.78 is -1.07. The van der Waals surface area contributed by atoms with Crippen LogP contribution in [0.3, 0.4) is 0 Å². The van der Waals surface area contributed by atoms with Crippen LogP contribution < -0.4 is 5.11 Å². The highest BCUT2D eigenvalue weighted by molar-refractivity contribution is 5.91. The first-order valence-corrected chi connectivity index (χ1v) is 7.63. The van der Waals surface area contributed by atoms with E-state index >= 15 is 0 Å². The Morgan fingerprint density at radius 2 is 1.83 bits per heavy atom. The molecule has 2 unspecified atom stereocenters. The van der Waals surface area contributed by atoms with Gasteiger partial charge < -0.3 is 15.0 Å². The summed E-state index contributed by atoms with van der Waals surface area (Å²) in [5, 5.41) is 21.8. The number of amides is 3. The van der Waals surface area contributed by atoms with Crippen molar-refractivity contribution >= 4 is 18.1 Å². The van der Waals surface area contributed by atoms with Gasteiger partial charge in [-0.25, -0.2) is 9.59 Å². The van der Waals surface area contributed by atoms with E-state index in [-0.39, 0.29) is 6.54 Å². The topological polar surface area (TPSA) is 97.7 Å². The summed E-state index contributed by atoms with van der Waals surface area (Å²) in [6.45, 7) is 4.50. The number of carboxylic acids is 1. The van der Waals surface area contributed by atoms with Gasteiger partial charge in [0, 0.05) is 18.0 Å². The van der Waals surface area contributed by atoms with E-state index in [0.717, 1.165) is 4.90 Å². The molecule has 24 heavy (non-hydrogen) atoms. The summed E-state index contributed by atoms with van der Waals surface area (Å²) in [5.74, 6) is -1.22. The number of rotatable bonds is 3. The van der Waals surface area contributed by atoms with Gasteiger partial charge in [0.05, 0.1) is 0 Å². The standard InChI is InChI=1S/C17H22N2O5/c1-16(2,3)17(13(20)21)11-19(15(23)24,14(22)18(17)4)10-12-8-6-5-7-9-12/h5-9H,10-11H2,1-4H3,(H-,20,21,23,24). The van der Waals surface area contributed by atoms with Crippen LogP contribution >= 0.6 is 0 Å². The highest BCUT2D eigenvalue weighted by Crippen LogP contribution is 2.44. The molecule has 0 bridgehead atoms. The molecule has 1 aromatic rings. The molecule has 7 heteroatoms. The third-order valence-corrected chi connectivity index (χ3v) is 4.96. The molecule has 1 aliphatic rings. The second kappa shape index (κ2) is 5.59. The first-order chi connectivity index (χ1) is 11.0. The molecule has 1 saturated heterocycles. The molecular weight excluding hydrogens is 312 g/mol. The zero-order valence-corrected chi connectivity index (χ0v) is 14.3. The lowest BCUT2D eigenvalue weighted by Crippen LogP contribution is -2.63. The SMILES string of the molecule is CN1C(=O)[N+](Cc2ccccc2)(C(=O)[O-])CC1(C(=O)O)C(C)(C)C. The minimum atomic E-state index is -1.64. The zero-order chi connectivity index (χ0) is 18.3. The number of carbonyl (C=O) groups excluding carboxylic acids is 2. The van der Waals surface area contributed by atoms with Crippen LogP contribution in [0.25, 0.3) is 0 Å². The molecule has 2 rings (SSSR count). The Hall–Kier alpha value is -2.41. The van der Waals surface area contributed by atoms with Crippen LogP contribution in [0.5, 0.6) is 0 Å². The third-order valence-electron chi connectivity index (χ3n) is 4.96. The van der Waals surface area contributed by atoms with Crippen molar-refractivity contribution in [3.8, 4) is 0 Å². The zero-order valence-electron chi connectivity index (χ0n) is 14.3. The van der Waals surface area contributed by atoms with E-state index in [1.54, 1.807) is 51.1 Å². The lowest BCUT2D eigenvalue weighted by molar-refractivity contribution is -0.807. The second-order valence-corrected chi connectivity index (χ2v) is 7.29. The van der Waals surface area contributed by atoms with Crippen molar-refractivity contribution in [3.05, 3.63) is 35.9 Å². The average molecular weight is 334 g/mol. The number of aliphatic carboxylic acids is 1. The average Bonchev–Trinajstić information content (AvgIpc) is 2.72. The summed E-state index contributed by atoms with van der Waals surface area (Å²) >= 11 is 0. The van der Waals surface area contributed by atoms with E-state index in [1.807, 2.05) is 0 Å². The number of urea groups is 1. The maximum Gasteiger partial charge on any atom is 0.426 e. The Balaban J connectivity index is 2.61. The molecule has 1 aliphatic heterocycles. The van der Waals surface area contributed by atoms with Gasteiger partial charge in [0.2, 0.25) is 0 Å². The molecule has 1 fully saturated rings. The van der Waals surface area contributed by atoms with E-state index in [4.69, 9.17) is 0 Å². The molecule has 0 radical (unpaired) electrons. The van der Waals surface area contributed by atoms with Gasteiger partial charge in [-0.15, -0.1) is 0 Å². The molecule has 0 aliphatic carbocycles. The number of quaternary nitrogens is 1. The third kappa shape index (κ3) is 2.36. The van der Waals surface area contributed by atoms with E-state index in [0.29, 0.717) is 5.56 Å². The van der Waals surface area contributed by atoms with Crippen LogP contribution in [-0.4, -0.2) is 51.7 Å². The van der Waals surface area contributed by atoms with Crippen LogP contribution in [0, 0.1) is 5.41 Å². The smallest absolute Gasteiger partial charge is 0.426 e. The first-order valence-electron chi connectivity index (χ1n) is 7.63. The number of benzene rings is 1. The maximum atomic E-state index is 12.9. The molecule has 0 saturated carbocycles. The number of hydrogen-bond acceptors (Lipinski definition) is 4. The molecule has 1 aromatic carbocycles. The fraction of sp³-hybridized carbons (Fsp3) is 0.471. The molecule has 0 spiro atoms. The molecular formula is C17H22N2O5. The lowest BCUT2D eigenvalue weighted by Gasteiger charge is -2.39. The van der Waals surface area contributed by atoms with Gasteiger partial charge in [-0.05, 0) is 0 Å². The van der Waals surface area contributed by atoms with Gasteiger partial charge in [-0.2, -0.15) is 4.48 Å². The number of imide groups is 1. The number of carboxylic acid groups (broad SMARTS) is 2. The van der Waals surface area contributed by atoms with Crippen LogP contribution in [0.4, 0.5) is 9.59 Å². The Morgan fingerprint density at radius 1 is 1.29 bits per heavy atom. The van der Waals surface area contributed by atoms with Gasteiger partial charge >= 0.3 is 12.0 Å². The number of likely N-dealkylation sites (N-methyl/N-ethyl adjacent to an activating group) is 1. The van der Waals surface area contributed by atoms with Crippen molar-refractivity contribution < 1.29 is 29.1 Å². The maximum absolute atomic E-state index is 12.9. The van der Waals surface area contributed by atoms with E-state index in [9.17, 15) is 24.6 Å². The fourth-order valence-electron chi connectivity index (χ4n) is 3.51. The van der Waals surface area contributed by atoms with E-state index in [1.165, 1.54) is 7.05 Å². The lowest BCUT2D eigenvalue weighted by atomic mass is 9.73. The molecule has 3 amide bonds. The molecule has 2 atom stereocenters. The van der Waals surface area contributed by atoms with Crippen molar-refractivity contribution in [1.82, 2.24) is 4.90 Å². The number of hydrogen-bond donors (Lipinski definition) is 1. The normalized spacial score (nSPS) is 27.3. The predicted molar refractivity (Wildman–Crippen MR) is 83.7 cm³/mol. The second-order valence-electron chi connectivity index (χ2n) is 7.29. The minimum absolute atomic E-state index is 0.155. The number of carbonyl (C=O) groups is 3.